The van der Waals surface area contributed by atoms with Crippen molar-refractivity contribution < 1.29 is 18.0 Å². The minimum Gasteiger partial charge on any atom is -0.339 e. The molecule has 0 bridgehead atoms. The summed E-state index contributed by atoms with van der Waals surface area (Å²) < 4.78 is 40.7. The lowest BCUT2D eigenvalue weighted by atomic mass is 10.1. The summed E-state index contributed by atoms with van der Waals surface area (Å²) in [5.41, 5.74) is 6.09. The van der Waals surface area contributed by atoms with Crippen LogP contribution in [0, 0.1) is 0 Å². The summed E-state index contributed by atoms with van der Waals surface area (Å²) in [6.07, 6.45) is -3.49. The molecule has 0 atom stereocenters. The van der Waals surface area contributed by atoms with Crippen molar-refractivity contribution in [2.24, 2.45) is 5.73 Å². The lowest BCUT2D eigenvalue weighted by Gasteiger charge is -2.39. The largest absolute Gasteiger partial charge is 0.434 e. The van der Waals surface area contributed by atoms with Gasteiger partial charge in [0, 0.05) is 38.3 Å². The van der Waals surface area contributed by atoms with Gasteiger partial charge in [-0.2, -0.15) is 13.2 Å². The number of aromatic nitrogens is 2. The molecule has 2 heterocycles. The van der Waals surface area contributed by atoms with Gasteiger partial charge >= 0.3 is 6.18 Å². The Labute approximate surface area is 150 Å². The monoisotopic (exact) mass is 368 g/mol. The molecule has 5 nitrogen and oxygen atoms in total. The highest BCUT2D eigenvalue weighted by molar-refractivity contribution is 5.74. The average molecular weight is 368 g/mol. The number of nitrogens with zero attached hydrogens (tertiary/aromatic N) is 3. The second-order valence-corrected chi connectivity index (χ2v) is 5.83. The molecule has 142 valence electrons. The van der Waals surface area contributed by atoms with Crippen LogP contribution < -0.4 is 5.73 Å². The number of likely N-dealkylation sites (tertiary alicyclic amines) is 1. The lowest BCUT2D eigenvalue weighted by Crippen LogP contribution is -2.49. The molecule has 0 radical (unpaired) electrons. The van der Waals surface area contributed by atoms with E-state index in [1.54, 1.807) is 29.2 Å². The van der Waals surface area contributed by atoms with E-state index in [9.17, 15) is 18.0 Å². The summed E-state index contributed by atoms with van der Waals surface area (Å²) in [7, 11) is 0. The van der Waals surface area contributed by atoms with Crippen molar-refractivity contribution >= 4 is 5.91 Å². The van der Waals surface area contributed by atoms with Crippen molar-refractivity contribution in [2.75, 3.05) is 13.1 Å². The number of carbonyl (C=O) groups is 1. The topological polar surface area (TPSA) is 64.2 Å². The maximum Gasteiger partial charge on any atom is 0.434 e. The molecule has 0 saturated carbocycles. The second-order valence-electron chi connectivity index (χ2n) is 5.83. The van der Waals surface area contributed by atoms with Gasteiger partial charge in [0.25, 0.3) is 0 Å². The van der Waals surface area contributed by atoms with E-state index in [1.165, 1.54) is 11.5 Å². The van der Waals surface area contributed by atoms with Gasteiger partial charge in [-0.1, -0.05) is 38.1 Å². The van der Waals surface area contributed by atoms with Crippen LogP contribution in [0.2, 0.25) is 0 Å². The van der Waals surface area contributed by atoms with Gasteiger partial charge in [-0.25, -0.2) is 4.98 Å². The Morgan fingerprint density at radius 2 is 1.81 bits per heavy atom. The Balaban J connectivity index is 0.00000117. The molecule has 8 heteroatoms. The molecular formula is C18H23F3N4O. The summed E-state index contributed by atoms with van der Waals surface area (Å²) in [6, 6.07) is 6.75. The summed E-state index contributed by atoms with van der Waals surface area (Å²) in [5.74, 6) is 0.162. The standard InChI is InChI=1S/C16H17F3N4O.C2H6/c1-10(24)22-7-13(8-22)23-9-14(16(17,18)19)21-15(23)12-4-2-11(6-20)3-5-12;1-2/h2-5,9,13H,6-8,20H2,1H3;1-2H3. The molecule has 1 amide bonds. The van der Waals surface area contributed by atoms with E-state index >= 15 is 0 Å². The molecular weight excluding hydrogens is 345 g/mol. The Bertz CT molecular complexity index is 747. The van der Waals surface area contributed by atoms with Gasteiger partial charge in [-0.3, -0.25) is 4.79 Å². The zero-order valence-corrected chi connectivity index (χ0v) is 15.0. The molecule has 1 aliphatic heterocycles. The summed E-state index contributed by atoms with van der Waals surface area (Å²) in [5, 5.41) is 0. The molecule has 0 aliphatic carbocycles. The van der Waals surface area contributed by atoms with Gasteiger partial charge in [0.05, 0.1) is 6.04 Å². The predicted molar refractivity (Wildman–Crippen MR) is 93.2 cm³/mol. The van der Waals surface area contributed by atoms with Crippen molar-refractivity contribution in [3.05, 3.63) is 41.7 Å². The van der Waals surface area contributed by atoms with Crippen molar-refractivity contribution in [3.8, 4) is 11.4 Å². The summed E-state index contributed by atoms with van der Waals surface area (Å²) in [4.78, 5) is 16.7. The molecule has 1 aromatic carbocycles. The number of rotatable bonds is 3. The first-order valence-electron chi connectivity index (χ1n) is 8.50. The molecule has 2 N–H and O–H groups in total. The number of halogens is 3. The number of hydrogen-bond donors (Lipinski definition) is 1. The smallest absolute Gasteiger partial charge is 0.339 e. The molecule has 0 spiro atoms. The van der Waals surface area contributed by atoms with E-state index < -0.39 is 11.9 Å². The van der Waals surface area contributed by atoms with E-state index in [0.717, 1.165) is 11.8 Å². The Kier molecular flexibility index (Phi) is 6.07. The summed E-state index contributed by atoms with van der Waals surface area (Å²) >= 11 is 0. The maximum absolute atomic E-state index is 13.0. The van der Waals surface area contributed by atoms with Gasteiger partial charge in [0.2, 0.25) is 5.91 Å². The van der Waals surface area contributed by atoms with E-state index in [0.29, 0.717) is 25.2 Å². The molecule has 1 aliphatic rings. The van der Waals surface area contributed by atoms with Crippen LogP contribution in [0.3, 0.4) is 0 Å². The van der Waals surface area contributed by atoms with E-state index in [4.69, 9.17) is 5.73 Å². The Hall–Kier alpha value is -2.35. The van der Waals surface area contributed by atoms with Crippen LogP contribution in [0.5, 0.6) is 0 Å². The Morgan fingerprint density at radius 3 is 2.27 bits per heavy atom. The lowest BCUT2D eigenvalue weighted by molar-refractivity contribution is -0.141. The number of amides is 1. The SMILES string of the molecule is CC.CC(=O)N1CC(n2cc(C(F)(F)F)nc2-c2ccc(CN)cc2)C1. The highest BCUT2D eigenvalue weighted by Crippen LogP contribution is 2.34. The third-order valence-corrected chi connectivity index (χ3v) is 4.17. The number of carbonyl (C=O) groups excluding carboxylic acids is 1. The normalized spacial score (nSPS) is 14.5. The minimum absolute atomic E-state index is 0.0868. The van der Waals surface area contributed by atoms with Crippen molar-refractivity contribution in [2.45, 2.75) is 39.5 Å². The zero-order valence-electron chi connectivity index (χ0n) is 15.0. The van der Waals surface area contributed by atoms with Crippen LogP contribution in [0.4, 0.5) is 13.2 Å². The molecule has 2 aromatic rings. The third-order valence-electron chi connectivity index (χ3n) is 4.17. The van der Waals surface area contributed by atoms with Crippen molar-refractivity contribution in [1.82, 2.24) is 14.5 Å². The van der Waals surface area contributed by atoms with E-state index in [-0.39, 0.29) is 17.8 Å². The fraction of sp³-hybridized carbons (Fsp3) is 0.444. The first-order chi connectivity index (χ1) is 12.3. The molecule has 1 fully saturated rings. The van der Waals surface area contributed by atoms with Gasteiger partial charge in [-0.05, 0) is 5.56 Å². The quantitative estimate of drug-likeness (QED) is 0.902. The van der Waals surface area contributed by atoms with Crippen LogP contribution >= 0.6 is 0 Å². The van der Waals surface area contributed by atoms with Crippen LogP contribution in [0.25, 0.3) is 11.4 Å². The Morgan fingerprint density at radius 1 is 1.23 bits per heavy atom. The number of alkyl halides is 3. The van der Waals surface area contributed by atoms with Gasteiger partial charge < -0.3 is 15.2 Å². The molecule has 3 rings (SSSR count). The van der Waals surface area contributed by atoms with Gasteiger partial charge in [0.15, 0.2) is 5.69 Å². The van der Waals surface area contributed by atoms with Crippen LogP contribution in [-0.4, -0.2) is 33.4 Å². The number of imidazole rings is 1. The number of nitrogens with two attached hydrogens (primary N) is 1. The van der Waals surface area contributed by atoms with Gasteiger partial charge in [-0.15, -0.1) is 0 Å². The second kappa shape index (κ2) is 7.90. The number of hydrogen-bond acceptors (Lipinski definition) is 3. The van der Waals surface area contributed by atoms with Crippen LogP contribution in [0.15, 0.2) is 30.5 Å². The van der Waals surface area contributed by atoms with E-state index in [2.05, 4.69) is 4.98 Å². The molecule has 26 heavy (non-hydrogen) atoms. The fourth-order valence-electron chi connectivity index (χ4n) is 2.70. The molecule has 0 unspecified atom stereocenters. The van der Waals surface area contributed by atoms with Crippen molar-refractivity contribution in [1.29, 1.82) is 0 Å². The maximum atomic E-state index is 13.0. The summed E-state index contributed by atoms with van der Waals surface area (Å²) in [6.45, 7) is 6.57. The van der Waals surface area contributed by atoms with Crippen LogP contribution in [0.1, 0.15) is 38.1 Å². The zero-order chi connectivity index (χ0) is 19.5. The third kappa shape index (κ3) is 4.07. The molecule has 1 saturated heterocycles. The van der Waals surface area contributed by atoms with E-state index in [1.807, 2.05) is 13.8 Å². The van der Waals surface area contributed by atoms with Gasteiger partial charge in [0.1, 0.15) is 5.82 Å². The highest BCUT2D eigenvalue weighted by Gasteiger charge is 2.38. The minimum atomic E-state index is -4.51. The first kappa shape index (κ1) is 20.0. The highest BCUT2D eigenvalue weighted by atomic mass is 19.4. The molecule has 1 aromatic heterocycles. The fourth-order valence-corrected chi connectivity index (χ4v) is 2.70. The first-order valence-corrected chi connectivity index (χ1v) is 8.50. The predicted octanol–water partition coefficient (Wildman–Crippen LogP) is 3.46. The number of benzene rings is 1. The average Bonchev–Trinajstić information content (AvgIpc) is 3.00. The van der Waals surface area contributed by atoms with Crippen LogP contribution in [-0.2, 0) is 17.5 Å². The van der Waals surface area contributed by atoms with Crippen molar-refractivity contribution in [3.63, 3.8) is 0 Å².